The number of aromatic carboxylic acids is 1. The number of nitrogens with zero attached hydrogens (tertiary/aromatic N) is 1. The Kier molecular flexibility index (Phi) is 7.54. The summed E-state index contributed by atoms with van der Waals surface area (Å²) >= 11 is 0. The zero-order valence-electron chi connectivity index (χ0n) is 20.4. The van der Waals surface area contributed by atoms with E-state index < -0.39 is 23.7 Å². The van der Waals surface area contributed by atoms with Crippen molar-refractivity contribution in [1.82, 2.24) is 10.3 Å². The van der Waals surface area contributed by atoms with Gasteiger partial charge in [-0.1, -0.05) is 24.3 Å². The monoisotopic (exact) mass is 499 g/mol. The number of carboxylic acids is 1. The molecule has 1 aromatic heterocycles. The summed E-state index contributed by atoms with van der Waals surface area (Å²) in [6.07, 6.45) is 2.19. The molecule has 0 radical (unpaired) electrons. The standard InChI is InChI=1S/C29H26FN3O4/c1-17(2)37-27-8-7-18(19-11-20(29(35)36)13-22(30)12-19)15-25(27)28(34)33-23(9-10-31)14-21-16-32-26-6-4-3-5-24(21)26/h3-8,11-13,15-17,23,32H,9,14H2,1-2H3,(H,33,34)(H,35,36). The molecule has 0 fully saturated rings. The fraction of sp³-hybridized carbons (Fsp3) is 0.207. The molecule has 1 unspecified atom stereocenters. The van der Waals surface area contributed by atoms with Crippen LogP contribution in [-0.2, 0) is 6.42 Å². The van der Waals surface area contributed by atoms with Crippen LogP contribution in [0.1, 0.15) is 46.5 Å². The van der Waals surface area contributed by atoms with E-state index in [0.717, 1.165) is 22.5 Å². The highest BCUT2D eigenvalue weighted by Crippen LogP contribution is 2.29. The number of hydrogen-bond acceptors (Lipinski definition) is 4. The van der Waals surface area contributed by atoms with E-state index in [9.17, 15) is 24.3 Å². The summed E-state index contributed by atoms with van der Waals surface area (Å²) in [6.45, 7) is 3.66. The van der Waals surface area contributed by atoms with Crippen LogP contribution in [0.4, 0.5) is 4.39 Å². The molecule has 4 rings (SSSR count). The molecule has 8 heteroatoms. The van der Waals surface area contributed by atoms with Gasteiger partial charge in [0, 0.05) is 23.1 Å². The molecule has 4 aromatic rings. The lowest BCUT2D eigenvalue weighted by molar-refractivity contribution is 0.0696. The van der Waals surface area contributed by atoms with Crippen LogP contribution in [0.5, 0.6) is 5.75 Å². The Labute approximate surface area is 213 Å². The van der Waals surface area contributed by atoms with Crippen LogP contribution < -0.4 is 10.1 Å². The van der Waals surface area contributed by atoms with E-state index in [2.05, 4.69) is 16.4 Å². The molecule has 188 valence electrons. The lowest BCUT2D eigenvalue weighted by Gasteiger charge is -2.19. The second kappa shape index (κ2) is 11.0. The van der Waals surface area contributed by atoms with Gasteiger partial charge in [-0.2, -0.15) is 5.26 Å². The van der Waals surface area contributed by atoms with Gasteiger partial charge in [0.25, 0.3) is 5.91 Å². The van der Waals surface area contributed by atoms with Crippen LogP contribution in [-0.4, -0.2) is 34.1 Å². The topological polar surface area (TPSA) is 115 Å². The Morgan fingerprint density at radius 2 is 1.89 bits per heavy atom. The number of halogens is 1. The highest BCUT2D eigenvalue weighted by molar-refractivity contribution is 5.99. The number of benzene rings is 3. The van der Waals surface area contributed by atoms with Gasteiger partial charge in [-0.05, 0) is 73.4 Å². The van der Waals surface area contributed by atoms with Crippen molar-refractivity contribution in [3.63, 3.8) is 0 Å². The van der Waals surface area contributed by atoms with E-state index in [1.165, 1.54) is 12.1 Å². The number of rotatable bonds is 9. The third-order valence-corrected chi connectivity index (χ3v) is 5.88. The number of nitriles is 1. The first-order valence-corrected chi connectivity index (χ1v) is 11.8. The smallest absolute Gasteiger partial charge is 0.335 e. The van der Waals surface area contributed by atoms with E-state index in [1.54, 1.807) is 18.2 Å². The van der Waals surface area contributed by atoms with Gasteiger partial charge in [0.1, 0.15) is 11.6 Å². The van der Waals surface area contributed by atoms with Gasteiger partial charge in [-0.15, -0.1) is 0 Å². The average molecular weight is 500 g/mol. The van der Waals surface area contributed by atoms with E-state index in [4.69, 9.17) is 4.74 Å². The maximum absolute atomic E-state index is 14.1. The molecule has 0 aliphatic carbocycles. The molecule has 0 bridgehead atoms. The summed E-state index contributed by atoms with van der Waals surface area (Å²) in [7, 11) is 0. The molecule has 0 aliphatic rings. The van der Waals surface area contributed by atoms with E-state index in [0.29, 0.717) is 23.3 Å². The Morgan fingerprint density at radius 1 is 1.11 bits per heavy atom. The number of carboxylic acid groups (broad SMARTS) is 1. The summed E-state index contributed by atoms with van der Waals surface area (Å²) in [5, 5.41) is 22.7. The Hall–Kier alpha value is -4.64. The summed E-state index contributed by atoms with van der Waals surface area (Å²) in [5.74, 6) is -2.08. The van der Waals surface area contributed by atoms with Gasteiger partial charge in [-0.3, -0.25) is 4.79 Å². The van der Waals surface area contributed by atoms with Gasteiger partial charge in [0.05, 0.1) is 29.7 Å². The predicted molar refractivity (Wildman–Crippen MR) is 138 cm³/mol. The molecule has 1 heterocycles. The number of aromatic nitrogens is 1. The largest absolute Gasteiger partial charge is 0.490 e. The Bertz CT molecular complexity index is 1500. The first-order chi connectivity index (χ1) is 17.7. The predicted octanol–water partition coefficient (Wildman–Crippen LogP) is 5.71. The lowest BCUT2D eigenvalue weighted by Crippen LogP contribution is -2.36. The maximum atomic E-state index is 14.1. The molecule has 37 heavy (non-hydrogen) atoms. The summed E-state index contributed by atoms with van der Waals surface area (Å²) in [5.41, 5.74) is 2.72. The summed E-state index contributed by atoms with van der Waals surface area (Å²) in [4.78, 5) is 28.1. The number of amides is 1. The van der Waals surface area contributed by atoms with Crippen molar-refractivity contribution in [3.05, 3.63) is 89.4 Å². The Balaban J connectivity index is 1.67. The van der Waals surface area contributed by atoms with E-state index in [1.807, 2.05) is 44.3 Å². The summed E-state index contributed by atoms with van der Waals surface area (Å²) in [6, 6.07) is 17.8. The average Bonchev–Trinajstić information content (AvgIpc) is 3.26. The molecule has 1 amide bonds. The summed E-state index contributed by atoms with van der Waals surface area (Å²) < 4.78 is 20.0. The van der Waals surface area contributed by atoms with Crippen LogP contribution in [0, 0.1) is 17.1 Å². The third-order valence-electron chi connectivity index (χ3n) is 5.88. The van der Waals surface area contributed by atoms with E-state index >= 15 is 0 Å². The first-order valence-electron chi connectivity index (χ1n) is 11.8. The van der Waals surface area contributed by atoms with Crippen molar-refractivity contribution in [1.29, 1.82) is 5.26 Å². The maximum Gasteiger partial charge on any atom is 0.335 e. The van der Waals surface area contributed by atoms with Crippen molar-refractivity contribution in [2.24, 2.45) is 0 Å². The second-order valence-electron chi connectivity index (χ2n) is 9.01. The number of ether oxygens (including phenoxy) is 1. The molecule has 0 saturated carbocycles. The molecule has 1 atom stereocenters. The number of aromatic amines is 1. The SMILES string of the molecule is CC(C)Oc1ccc(-c2cc(F)cc(C(=O)O)c2)cc1C(=O)NC(CC#N)Cc1c[nH]c2ccccc12. The molecule has 3 N–H and O–H groups in total. The lowest BCUT2D eigenvalue weighted by atomic mass is 9.99. The van der Waals surface area contributed by atoms with Crippen LogP contribution in [0.25, 0.3) is 22.0 Å². The minimum Gasteiger partial charge on any atom is -0.490 e. The number of nitrogens with one attached hydrogen (secondary N) is 2. The Morgan fingerprint density at radius 3 is 2.62 bits per heavy atom. The van der Waals surface area contributed by atoms with Gasteiger partial charge < -0.3 is 20.1 Å². The van der Waals surface area contributed by atoms with Crippen molar-refractivity contribution >= 4 is 22.8 Å². The van der Waals surface area contributed by atoms with Crippen molar-refractivity contribution < 1.29 is 23.8 Å². The van der Waals surface area contributed by atoms with Gasteiger partial charge in [0.2, 0.25) is 0 Å². The van der Waals surface area contributed by atoms with Crippen molar-refractivity contribution in [2.45, 2.75) is 38.8 Å². The van der Waals surface area contributed by atoms with Gasteiger partial charge in [0.15, 0.2) is 0 Å². The van der Waals surface area contributed by atoms with Gasteiger partial charge >= 0.3 is 5.97 Å². The number of carbonyl (C=O) groups excluding carboxylic acids is 1. The molecular formula is C29H26FN3O4. The second-order valence-corrected chi connectivity index (χ2v) is 9.01. The number of H-pyrrole nitrogens is 1. The highest BCUT2D eigenvalue weighted by Gasteiger charge is 2.21. The first kappa shape index (κ1) is 25.5. The molecule has 7 nitrogen and oxygen atoms in total. The normalized spacial score (nSPS) is 11.8. The minimum absolute atomic E-state index is 0.0944. The van der Waals surface area contributed by atoms with Gasteiger partial charge in [-0.25, -0.2) is 9.18 Å². The molecule has 0 saturated heterocycles. The van der Waals surface area contributed by atoms with Crippen molar-refractivity contribution in [2.75, 3.05) is 0 Å². The van der Waals surface area contributed by atoms with Crippen LogP contribution >= 0.6 is 0 Å². The van der Waals surface area contributed by atoms with Crippen molar-refractivity contribution in [3.8, 4) is 22.9 Å². The number of fused-ring (bicyclic) bond motifs is 1. The number of carbonyl (C=O) groups is 2. The zero-order chi connectivity index (χ0) is 26.5. The number of para-hydroxylation sites is 1. The fourth-order valence-corrected chi connectivity index (χ4v) is 4.24. The highest BCUT2D eigenvalue weighted by atomic mass is 19.1. The van der Waals surface area contributed by atoms with Crippen LogP contribution in [0.3, 0.4) is 0 Å². The quantitative estimate of drug-likeness (QED) is 0.273. The molecule has 3 aromatic carbocycles. The minimum atomic E-state index is -1.25. The molecule has 0 spiro atoms. The zero-order valence-corrected chi connectivity index (χ0v) is 20.4. The van der Waals surface area contributed by atoms with Crippen LogP contribution in [0.15, 0.2) is 66.9 Å². The number of hydrogen-bond donors (Lipinski definition) is 3. The van der Waals surface area contributed by atoms with E-state index in [-0.39, 0.29) is 23.7 Å². The molecular weight excluding hydrogens is 473 g/mol. The fourth-order valence-electron chi connectivity index (χ4n) is 4.24. The molecule has 0 aliphatic heterocycles. The third kappa shape index (κ3) is 5.96. The van der Waals surface area contributed by atoms with Crippen LogP contribution in [0.2, 0.25) is 0 Å².